The van der Waals surface area contributed by atoms with Crippen LogP contribution in [-0.2, 0) is 15.4 Å². The number of hydrogen-bond donors (Lipinski definition) is 1. The van der Waals surface area contributed by atoms with Crippen LogP contribution in [0.25, 0.3) is 0 Å². The van der Waals surface area contributed by atoms with Crippen LogP contribution in [0.4, 0.5) is 5.13 Å². The van der Waals surface area contributed by atoms with Crippen LogP contribution >= 0.6 is 11.3 Å². The molecule has 0 aromatic carbocycles. The second kappa shape index (κ2) is 5.57. The number of hydrogen-bond acceptors (Lipinski definition) is 6. The molecule has 1 aliphatic heterocycles. The van der Waals surface area contributed by atoms with E-state index in [1.54, 1.807) is 11.3 Å². The maximum absolute atomic E-state index is 11.3. The molecule has 114 valence electrons. The summed E-state index contributed by atoms with van der Waals surface area (Å²) >= 11 is 1.59. The second-order valence-electron chi connectivity index (χ2n) is 6.31. The molecule has 20 heavy (non-hydrogen) atoms. The Balaban J connectivity index is 2.07. The van der Waals surface area contributed by atoms with Crippen molar-refractivity contribution in [1.29, 1.82) is 0 Å². The molecular formula is C12H22N4O2S2. The fourth-order valence-electron chi connectivity index (χ4n) is 2.20. The van der Waals surface area contributed by atoms with E-state index in [2.05, 4.69) is 40.6 Å². The van der Waals surface area contributed by atoms with Crippen LogP contribution in [0.2, 0.25) is 0 Å². The van der Waals surface area contributed by atoms with Gasteiger partial charge >= 0.3 is 0 Å². The number of rotatable bonds is 3. The van der Waals surface area contributed by atoms with Gasteiger partial charge in [0.2, 0.25) is 15.2 Å². The Kier molecular flexibility index (Phi) is 4.36. The first-order chi connectivity index (χ1) is 9.15. The predicted octanol–water partition coefficient (Wildman–Crippen LogP) is 1.35. The highest BCUT2D eigenvalue weighted by Crippen LogP contribution is 2.31. The quantitative estimate of drug-likeness (QED) is 0.910. The normalized spacial score (nSPS) is 21.2. The van der Waals surface area contributed by atoms with Crippen molar-refractivity contribution in [3.05, 3.63) is 5.01 Å². The third kappa shape index (κ3) is 4.13. The third-order valence-corrected chi connectivity index (χ3v) is 5.30. The number of nitrogens with one attached hydrogen (secondary N) is 1. The molecule has 1 atom stereocenters. The van der Waals surface area contributed by atoms with Crippen LogP contribution in [0.15, 0.2) is 0 Å². The Bertz CT molecular complexity index is 562. The lowest BCUT2D eigenvalue weighted by Crippen LogP contribution is -2.47. The van der Waals surface area contributed by atoms with E-state index in [-0.39, 0.29) is 11.5 Å². The summed E-state index contributed by atoms with van der Waals surface area (Å²) in [6, 6.07) is -0.0410. The fourth-order valence-corrected chi connectivity index (χ4v) is 3.93. The van der Waals surface area contributed by atoms with Gasteiger partial charge in [-0.1, -0.05) is 32.1 Å². The lowest BCUT2D eigenvalue weighted by atomic mass is 9.98. The average molecular weight is 318 g/mol. The highest BCUT2D eigenvalue weighted by molar-refractivity contribution is 7.88. The van der Waals surface area contributed by atoms with E-state index >= 15 is 0 Å². The summed E-state index contributed by atoms with van der Waals surface area (Å²) in [6.07, 6.45) is 3.03. The van der Waals surface area contributed by atoms with Gasteiger partial charge in [-0.2, -0.15) is 0 Å². The molecular weight excluding hydrogens is 296 g/mol. The highest BCUT2D eigenvalue weighted by Gasteiger charge is 2.26. The molecule has 2 heterocycles. The fraction of sp³-hybridized carbons (Fsp3) is 0.833. The number of sulfonamides is 1. The minimum absolute atomic E-state index is 0.00386. The summed E-state index contributed by atoms with van der Waals surface area (Å²) in [5, 5.41) is 10.4. The molecule has 1 aliphatic rings. The minimum Gasteiger partial charge on any atom is -0.345 e. The van der Waals surface area contributed by atoms with Crippen molar-refractivity contribution >= 4 is 26.5 Å². The van der Waals surface area contributed by atoms with E-state index in [9.17, 15) is 8.42 Å². The number of aromatic nitrogens is 2. The van der Waals surface area contributed by atoms with Crippen LogP contribution in [0.3, 0.4) is 0 Å². The van der Waals surface area contributed by atoms with Gasteiger partial charge in [0, 0.05) is 24.5 Å². The Morgan fingerprint density at radius 3 is 2.60 bits per heavy atom. The molecule has 2 rings (SSSR count). The third-order valence-electron chi connectivity index (χ3n) is 3.13. The van der Waals surface area contributed by atoms with Crippen molar-refractivity contribution in [3.8, 4) is 0 Å². The first-order valence-corrected chi connectivity index (χ1v) is 9.42. The van der Waals surface area contributed by atoms with Crippen molar-refractivity contribution in [2.45, 2.75) is 45.1 Å². The van der Waals surface area contributed by atoms with Crippen molar-refractivity contribution in [3.63, 3.8) is 0 Å². The van der Waals surface area contributed by atoms with Crippen LogP contribution in [0.1, 0.15) is 38.6 Å². The molecule has 0 bridgehead atoms. The van der Waals surface area contributed by atoms with Crippen LogP contribution in [0.5, 0.6) is 0 Å². The van der Waals surface area contributed by atoms with Gasteiger partial charge in [-0.15, -0.1) is 10.2 Å². The Morgan fingerprint density at radius 2 is 2.05 bits per heavy atom. The van der Waals surface area contributed by atoms with Crippen molar-refractivity contribution in [2.75, 3.05) is 24.2 Å². The summed E-state index contributed by atoms with van der Waals surface area (Å²) < 4.78 is 25.3. The molecule has 1 fully saturated rings. The van der Waals surface area contributed by atoms with Crippen molar-refractivity contribution < 1.29 is 8.42 Å². The van der Waals surface area contributed by atoms with E-state index in [4.69, 9.17) is 0 Å². The Morgan fingerprint density at radius 1 is 1.35 bits per heavy atom. The van der Waals surface area contributed by atoms with Crippen LogP contribution in [-0.4, -0.2) is 44.0 Å². The summed E-state index contributed by atoms with van der Waals surface area (Å²) in [6.45, 7) is 7.90. The summed E-state index contributed by atoms with van der Waals surface area (Å²) in [4.78, 5) is 2.12. The summed E-state index contributed by atoms with van der Waals surface area (Å²) in [5.74, 6) is 0. The standard InChI is InChI=1S/C12H22N4O2S2/c1-12(2,3)10-13-14-11(19-10)16-7-5-6-9(8-16)15-20(4,17)18/h9,15H,5-8H2,1-4H3. The van der Waals surface area contributed by atoms with Gasteiger partial charge in [0.1, 0.15) is 5.01 Å². The molecule has 6 nitrogen and oxygen atoms in total. The topological polar surface area (TPSA) is 75.2 Å². The highest BCUT2D eigenvalue weighted by atomic mass is 32.2. The van der Waals surface area contributed by atoms with E-state index < -0.39 is 10.0 Å². The maximum atomic E-state index is 11.3. The zero-order chi connectivity index (χ0) is 15.0. The SMILES string of the molecule is CC(C)(C)c1nnc(N2CCCC(NS(C)(=O)=O)C2)s1. The Hall–Kier alpha value is -0.730. The molecule has 0 amide bonds. The molecule has 0 spiro atoms. The van der Waals surface area contributed by atoms with Crippen LogP contribution < -0.4 is 9.62 Å². The monoisotopic (exact) mass is 318 g/mol. The van der Waals surface area contributed by atoms with E-state index in [0.717, 1.165) is 29.5 Å². The first-order valence-electron chi connectivity index (χ1n) is 6.71. The summed E-state index contributed by atoms with van der Waals surface area (Å²) in [7, 11) is -3.16. The molecule has 1 saturated heterocycles. The van der Waals surface area contributed by atoms with E-state index in [1.165, 1.54) is 6.26 Å². The molecule has 0 radical (unpaired) electrons. The molecule has 1 aromatic heterocycles. The number of anilines is 1. The zero-order valence-electron chi connectivity index (χ0n) is 12.4. The zero-order valence-corrected chi connectivity index (χ0v) is 14.0. The van der Waals surface area contributed by atoms with E-state index in [0.29, 0.717) is 6.54 Å². The van der Waals surface area contributed by atoms with Gasteiger partial charge < -0.3 is 4.90 Å². The van der Waals surface area contributed by atoms with Gasteiger partial charge in [-0.3, -0.25) is 0 Å². The average Bonchev–Trinajstić information content (AvgIpc) is 2.75. The van der Waals surface area contributed by atoms with Gasteiger partial charge in [0.15, 0.2) is 0 Å². The van der Waals surface area contributed by atoms with Gasteiger partial charge in [-0.25, -0.2) is 13.1 Å². The molecule has 1 aromatic rings. The largest absolute Gasteiger partial charge is 0.345 e. The first kappa shape index (κ1) is 15.7. The van der Waals surface area contributed by atoms with Gasteiger partial charge in [0.05, 0.1) is 6.26 Å². The molecule has 1 unspecified atom stereocenters. The van der Waals surface area contributed by atoms with Crippen molar-refractivity contribution in [2.24, 2.45) is 0 Å². The molecule has 0 aliphatic carbocycles. The molecule has 0 saturated carbocycles. The van der Waals surface area contributed by atoms with Crippen molar-refractivity contribution in [1.82, 2.24) is 14.9 Å². The lowest BCUT2D eigenvalue weighted by molar-refractivity contribution is 0.466. The smallest absolute Gasteiger partial charge is 0.209 e. The number of nitrogens with zero attached hydrogens (tertiary/aromatic N) is 3. The molecule has 1 N–H and O–H groups in total. The van der Waals surface area contributed by atoms with Gasteiger partial charge in [0.25, 0.3) is 0 Å². The van der Waals surface area contributed by atoms with Crippen LogP contribution in [0, 0.1) is 0 Å². The number of piperidine rings is 1. The lowest BCUT2D eigenvalue weighted by Gasteiger charge is -2.32. The maximum Gasteiger partial charge on any atom is 0.209 e. The summed E-state index contributed by atoms with van der Waals surface area (Å²) in [5.41, 5.74) is -0.00386. The minimum atomic E-state index is -3.16. The molecule has 8 heteroatoms. The van der Waals surface area contributed by atoms with E-state index in [1.807, 2.05) is 0 Å². The van der Waals surface area contributed by atoms with Gasteiger partial charge in [-0.05, 0) is 12.8 Å². The second-order valence-corrected chi connectivity index (χ2v) is 9.05. The Labute approximate surface area is 124 Å². The predicted molar refractivity (Wildman–Crippen MR) is 81.8 cm³/mol.